The van der Waals surface area contributed by atoms with Crippen molar-refractivity contribution in [3.63, 3.8) is 0 Å². The lowest BCUT2D eigenvalue weighted by molar-refractivity contribution is -0.140. The summed E-state index contributed by atoms with van der Waals surface area (Å²) < 4.78 is 55.3. The zero-order valence-corrected chi connectivity index (χ0v) is 17.0. The van der Waals surface area contributed by atoms with Gasteiger partial charge in [-0.25, -0.2) is 9.59 Å². The van der Waals surface area contributed by atoms with Gasteiger partial charge in [0.25, 0.3) is 0 Å². The topological polar surface area (TPSA) is 65.1 Å². The molecule has 0 N–H and O–H groups in total. The van der Waals surface area contributed by atoms with Crippen molar-refractivity contribution in [1.29, 1.82) is 0 Å². The van der Waals surface area contributed by atoms with Crippen molar-refractivity contribution in [1.82, 2.24) is 0 Å². The van der Waals surface area contributed by atoms with E-state index in [0.29, 0.717) is 24.8 Å². The van der Waals surface area contributed by atoms with E-state index in [1.165, 1.54) is 12.1 Å². The van der Waals surface area contributed by atoms with Crippen molar-refractivity contribution in [2.75, 3.05) is 6.61 Å². The van der Waals surface area contributed by atoms with E-state index in [4.69, 9.17) is 14.2 Å². The van der Waals surface area contributed by atoms with Crippen LogP contribution in [-0.2, 0) is 25.2 Å². The average Bonchev–Trinajstić information content (AvgIpc) is 3.31. The lowest BCUT2D eigenvalue weighted by atomic mass is 9.84. The van der Waals surface area contributed by atoms with Crippen LogP contribution in [-0.4, -0.2) is 36.4 Å². The van der Waals surface area contributed by atoms with Crippen molar-refractivity contribution in [3.8, 4) is 0 Å². The van der Waals surface area contributed by atoms with Gasteiger partial charge in [0.1, 0.15) is 18.8 Å². The van der Waals surface area contributed by atoms with Crippen LogP contribution in [0.15, 0.2) is 48.1 Å². The summed E-state index contributed by atoms with van der Waals surface area (Å²) in [5.41, 5.74) is -0.165. The first-order chi connectivity index (χ1) is 14.6. The minimum atomic E-state index is -4.53. The normalized spacial score (nSPS) is 32.3. The van der Waals surface area contributed by atoms with E-state index in [1.54, 1.807) is 0 Å². The molecule has 0 spiro atoms. The zero-order chi connectivity index (χ0) is 22.4. The molecule has 1 aromatic carbocycles. The maximum absolute atomic E-state index is 12.9. The number of esters is 2. The molecule has 166 valence electrons. The molecule has 0 bridgehead atoms. The quantitative estimate of drug-likeness (QED) is 0.300. The molecule has 0 aromatic heterocycles. The molecule has 0 radical (unpaired) electrons. The van der Waals surface area contributed by atoms with E-state index in [2.05, 4.69) is 6.58 Å². The zero-order valence-electron chi connectivity index (χ0n) is 17.0. The second-order valence-electron chi connectivity index (χ2n) is 8.45. The summed E-state index contributed by atoms with van der Waals surface area (Å²) >= 11 is 0. The number of alkyl halides is 3. The van der Waals surface area contributed by atoms with Gasteiger partial charge in [-0.3, -0.25) is 0 Å². The largest absolute Gasteiger partial charge is 0.458 e. The fourth-order valence-corrected chi connectivity index (χ4v) is 4.32. The number of carbonyl (C=O) groups excluding carboxylic acids is 2. The molecule has 2 saturated heterocycles. The first kappa shape index (κ1) is 21.6. The van der Waals surface area contributed by atoms with Crippen LogP contribution < -0.4 is 0 Å². The second kappa shape index (κ2) is 7.82. The number of carbonyl (C=O) groups is 2. The minimum absolute atomic E-state index is 0.0330. The van der Waals surface area contributed by atoms with Gasteiger partial charge in [0.2, 0.25) is 0 Å². The summed E-state index contributed by atoms with van der Waals surface area (Å²) in [6.07, 6.45) is -0.524. The molecule has 2 heterocycles. The minimum Gasteiger partial charge on any atom is -0.458 e. The Hall–Kier alpha value is -2.61. The number of benzene rings is 1. The summed E-state index contributed by atoms with van der Waals surface area (Å²) in [6.45, 7) is 5.81. The van der Waals surface area contributed by atoms with Crippen LogP contribution >= 0.6 is 0 Å². The Labute approximate surface area is 177 Å². The second-order valence-corrected chi connectivity index (χ2v) is 8.45. The number of epoxide rings is 1. The average molecular weight is 436 g/mol. The van der Waals surface area contributed by atoms with Crippen molar-refractivity contribution in [2.24, 2.45) is 5.92 Å². The Bertz CT molecular complexity index is 951. The van der Waals surface area contributed by atoms with Crippen LogP contribution in [0.5, 0.6) is 0 Å². The highest BCUT2D eigenvalue weighted by atomic mass is 19.4. The van der Waals surface area contributed by atoms with E-state index < -0.39 is 23.7 Å². The van der Waals surface area contributed by atoms with E-state index >= 15 is 0 Å². The Kier molecular flexibility index (Phi) is 5.45. The van der Waals surface area contributed by atoms with Gasteiger partial charge in [-0.15, -0.1) is 0 Å². The van der Waals surface area contributed by atoms with Crippen molar-refractivity contribution in [3.05, 3.63) is 59.2 Å². The fourth-order valence-electron chi connectivity index (χ4n) is 4.32. The van der Waals surface area contributed by atoms with E-state index in [9.17, 15) is 22.8 Å². The van der Waals surface area contributed by atoms with Crippen LogP contribution in [0.25, 0.3) is 0 Å². The van der Waals surface area contributed by atoms with Gasteiger partial charge < -0.3 is 14.2 Å². The van der Waals surface area contributed by atoms with Crippen LogP contribution in [0.3, 0.4) is 0 Å². The highest BCUT2D eigenvalue weighted by molar-refractivity contribution is 5.91. The third kappa shape index (κ3) is 4.39. The molecule has 3 aliphatic rings. The molecular weight excluding hydrogens is 413 g/mol. The maximum atomic E-state index is 12.9. The van der Waals surface area contributed by atoms with Gasteiger partial charge in [-0.05, 0) is 56.4 Å². The van der Waals surface area contributed by atoms with Gasteiger partial charge in [-0.2, -0.15) is 13.2 Å². The van der Waals surface area contributed by atoms with Gasteiger partial charge >= 0.3 is 18.1 Å². The third-order valence-corrected chi connectivity index (χ3v) is 6.25. The molecule has 8 heteroatoms. The lowest BCUT2D eigenvalue weighted by Gasteiger charge is -2.20. The molecular formula is C23H23F3O5. The Morgan fingerprint density at radius 2 is 2.13 bits per heavy atom. The summed E-state index contributed by atoms with van der Waals surface area (Å²) in [5, 5.41) is 0. The van der Waals surface area contributed by atoms with Gasteiger partial charge in [-0.1, -0.05) is 18.7 Å². The highest BCUT2D eigenvalue weighted by Gasteiger charge is 2.61. The van der Waals surface area contributed by atoms with E-state index in [0.717, 1.165) is 24.1 Å². The van der Waals surface area contributed by atoms with Gasteiger partial charge in [0, 0.05) is 11.5 Å². The SMILES string of the molecule is C=C1C(=O)O[C@@H]2[C@H]3O[C@]3(C)CC/C=C(/COC(=O)c3cccc(C(F)(F)F)c3)CC[C@@H]12. The number of hydrogen-bond acceptors (Lipinski definition) is 5. The standard InChI is InChI=1S/C23H23F3O5/c1-13-17-9-8-14(5-4-10-22(2)19(31-22)18(17)30-20(13)27)12-29-21(28)15-6-3-7-16(11-15)23(24,25)26/h3,5-7,11,17-19H,1,4,8-10,12H2,2H3/b14-5+/t17-,18-,19+,22+/m0/s1. The molecule has 5 nitrogen and oxygen atoms in total. The van der Waals surface area contributed by atoms with Crippen LogP contribution in [0.1, 0.15) is 48.5 Å². The van der Waals surface area contributed by atoms with E-state index in [-0.39, 0.29) is 35.9 Å². The lowest BCUT2D eigenvalue weighted by Crippen LogP contribution is -2.29. The van der Waals surface area contributed by atoms with Crippen LogP contribution in [0.2, 0.25) is 0 Å². The highest BCUT2D eigenvalue weighted by Crippen LogP contribution is 2.49. The predicted octanol–water partition coefficient (Wildman–Crippen LogP) is 4.62. The van der Waals surface area contributed by atoms with Crippen molar-refractivity contribution >= 4 is 11.9 Å². The van der Waals surface area contributed by atoms with Gasteiger partial charge in [0.05, 0.1) is 16.7 Å². The van der Waals surface area contributed by atoms with Crippen LogP contribution in [0, 0.1) is 5.92 Å². The number of fused-ring (bicyclic) bond motifs is 3. The van der Waals surface area contributed by atoms with Gasteiger partial charge in [0.15, 0.2) is 0 Å². The van der Waals surface area contributed by atoms with Crippen molar-refractivity contribution in [2.45, 2.75) is 56.6 Å². The fraction of sp³-hybridized carbons (Fsp3) is 0.478. The first-order valence-electron chi connectivity index (χ1n) is 10.2. The molecule has 0 unspecified atom stereocenters. The van der Waals surface area contributed by atoms with Crippen molar-refractivity contribution < 1.29 is 37.0 Å². The van der Waals surface area contributed by atoms with Crippen LogP contribution in [0.4, 0.5) is 13.2 Å². The predicted molar refractivity (Wildman–Crippen MR) is 104 cm³/mol. The number of ether oxygens (including phenoxy) is 3. The monoisotopic (exact) mass is 436 g/mol. The third-order valence-electron chi connectivity index (χ3n) is 6.25. The molecule has 1 aliphatic carbocycles. The summed E-state index contributed by atoms with van der Waals surface area (Å²) in [4.78, 5) is 24.3. The Morgan fingerprint density at radius 3 is 2.87 bits per heavy atom. The smallest absolute Gasteiger partial charge is 0.416 e. The van der Waals surface area contributed by atoms with E-state index in [1.807, 2.05) is 13.0 Å². The molecule has 0 amide bonds. The number of halogens is 3. The summed E-state index contributed by atoms with van der Waals surface area (Å²) in [5.74, 6) is -1.41. The Balaban J connectivity index is 1.44. The maximum Gasteiger partial charge on any atom is 0.416 e. The summed E-state index contributed by atoms with van der Waals surface area (Å²) in [6, 6.07) is 4.16. The molecule has 4 atom stereocenters. The molecule has 2 aliphatic heterocycles. The number of rotatable bonds is 3. The number of allylic oxidation sites excluding steroid dienone is 1. The molecule has 1 aromatic rings. The Morgan fingerprint density at radius 1 is 1.35 bits per heavy atom. The molecule has 4 rings (SSSR count). The first-order valence-corrected chi connectivity index (χ1v) is 10.2. The summed E-state index contributed by atoms with van der Waals surface area (Å²) in [7, 11) is 0. The molecule has 31 heavy (non-hydrogen) atoms. The molecule has 0 saturated carbocycles. The molecule has 2 fully saturated rings. The number of hydrogen-bond donors (Lipinski definition) is 0.